The van der Waals surface area contributed by atoms with Crippen LogP contribution in [-0.4, -0.2) is 39.5 Å². The molecule has 1 aromatic carbocycles. The molecule has 5 heteroatoms. The van der Waals surface area contributed by atoms with Gasteiger partial charge in [-0.2, -0.15) is 0 Å². The van der Waals surface area contributed by atoms with Crippen molar-refractivity contribution in [2.75, 3.05) is 6.54 Å². The summed E-state index contributed by atoms with van der Waals surface area (Å²) in [5.74, 6) is -1.16. The fourth-order valence-corrected chi connectivity index (χ4v) is 2.86. The van der Waals surface area contributed by atoms with Gasteiger partial charge in [0, 0.05) is 23.2 Å². The van der Waals surface area contributed by atoms with Crippen molar-refractivity contribution in [3.05, 3.63) is 41.6 Å². The number of hydrogen-bond acceptors (Lipinski definition) is 3. The molecular weight excluding hydrogens is 268 g/mol. The minimum absolute atomic E-state index is 0.226. The molecule has 2 aromatic rings. The summed E-state index contributed by atoms with van der Waals surface area (Å²) in [5.41, 5.74) is 2.16. The van der Waals surface area contributed by atoms with E-state index in [2.05, 4.69) is 4.98 Å². The van der Waals surface area contributed by atoms with E-state index in [-0.39, 0.29) is 5.91 Å². The predicted octanol–water partition coefficient (Wildman–Crippen LogP) is 2.23. The molecule has 0 radical (unpaired) electrons. The number of aliphatic carboxylic acids is 1. The second-order valence-electron chi connectivity index (χ2n) is 5.32. The molecule has 0 saturated carbocycles. The predicted molar refractivity (Wildman–Crippen MR) is 78.2 cm³/mol. The summed E-state index contributed by atoms with van der Waals surface area (Å²) < 4.78 is 0. The van der Waals surface area contributed by atoms with Gasteiger partial charge in [0.25, 0.3) is 5.91 Å². The van der Waals surface area contributed by atoms with Gasteiger partial charge in [0.05, 0.1) is 5.52 Å². The summed E-state index contributed by atoms with van der Waals surface area (Å²) in [6.07, 6.45) is 1.24. The van der Waals surface area contributed by atoms with Gasteiger partial charge in [-0.25, -0.2) is 4.79 Å². The summed E-state index contributed by atoms with van der Waals surface area (Å²) >= 11 is 0. The third-order valence-corrected chi connectivity index (χ3v) is 3.90. The highest BCUT2D eigenvalue weighted by molar-refractivity contribution is 6.07. The minimum Gasteiger partial charge on any atom is -0.480 e. The standard InChI is InChI=1S/C16H16N2O3/c1-10-7-8-11-12(4-2-5-13(11)17-10)15(19)18-9-3-6-14(18)16(20)21/h2,4-5,7-8,14H,3,6,9H2,1H3,(H,20,21)/t14-/m1/s1. The lowest BCUT2D eigenvalue weighted by Gasteiger charge is -2.22. The Labute approximate surface area is 122 Å². The summed E-state index contributed by atoms with van der Waals surface area (Å²) in [7, 11) is 0. The summed E-state index contributed by atoms with van der Waals surface area (Å²) in [6, 6.07) is 8.39. The van der Waals surface area contributed by atoms with Crippen molar-refractivity contribution in [3.8, 4) is 0 Å². The Kier molecular flexibility index (Phi) is 3.33. The number of pyridine rings is 1. The van der Waals surface area contributed by atoms with Crippen LogP contribution in [0, 0.1) is 6.92 Å². The van der Waals surface area contributed by atoms with Crippen molar-refractivity contribution in [3.63, 3.8) is 0 Å². The van der Waals surface area contributed by atoms with Gasteiger partial charge in [-0.15, -0.1) is 0 Å². The third-order valence-electron chi connectivity index (χ3n) is 3.90. The van der Waals surface area contributed by atoms with Crippen LogP contribution in [0.4, 0.5) is 0 Å². The smallest absolute Gasteiger partial charge is 0.326 e. The first kappa shape index (κ1) is 13.5. The molecule has 1 atom stereocenters. The molecule has 1 saturated heterocycles. The number of carbonyl (C=O) groups excluding carboxylic acids is 1. The van der Waals surface area contributed by atoms with E-state index >= 15 is 0 Å². The van der Waals surface area contributed by atoms with Crippen molar-refractivity contribution in [2.45, 2.75) is 25.8 Å². The average molecular weight is 284 g/mol. The van der Waals surface area contributed by atoms with E-state index in [1.165, 1.54) is 4.90 Å². The number of fused-ring (bicyclic) bond motifs is 1. The maximum atomic E-state index is 12.7. The van der Waals surface area contributed by atoms with E-state index in [1.807, 2.05) is 25.1 Å². The number of rotatable bonds is 2. The molecule has 0 bridgehead atoms. The second kappa shape index (κ2) is 5.16. The Morgan fingerprint density at radius 3 is 2.86 bits per heavy atom. The third kappa shape index (κ3) is 2.35. The number of nitrogens with zero attached hydrogens (tertiary/aromatic N) is 2. The lowest BCUT2D eigenvalue weighted by atomic mass is 10.1. The Hall–Kier alpha value is -2.43. The van der Waals surface area contributed by atoms with Gasteiger partial charge in [-0.1, -0.05) is 12.1 Å². The molecule has 2 heterocycles. The fraction of sp³-hybridized carbons (Fsp3) is 0.312. The molecule has 1 fully saturated rings. The van der Waals surface area contributed by atoms with E-state index in [9.17, 15) is 14.7 Å². The minimum atomic E-state index is -0.935. The lowest BCUT2D eigenvalue weighted by molar-refractivity contribution is -0.141. The van der Waals surface area contributed by atoms with Crippen LogP contribution in [0.2, 0.25) is 0 Å². The zero-order valence-electron chi connectivity index (χ0n) is 11.7. The topological polar surface area (TPSA) is 70.5 Å². The van der Waals surface area contributed by atoms with Gasteiger partial charge in [-0.3, -0.25) is 9.78 Å². The molecule has 1 aliphatic heterocycles. The molecular formula is C16H16N2O3. The normalized spacial score (nSPS) is 18.1. The van der Waals surface area contributed by atoms with Crippen LogP contribution in [0.3, 0.4) is 0 Å². The first-order valence-electron chi connectivity index (χ1n) is 6.98. The molecule has 0 aliphatic carbocycles. The average Bonchev–Trinajstić information content (AvgIpc) is 2.95. The summed E-state index contributed by atoms with van der Waals surface area (Å²) in [6.45, 7) is 2.39. The monoisotopic (exact) mass is 284 g/mol. The number of amides is 1. The number of aryl methyl sites for hydroxylation is 1. The number of carbonyl (C=O) groups is 2. The molecule has 1 amide bonds. The Morgan fingerprint density at radius 1 is 1.29 bits per heavy atom. The Morgan fingerprint density at radius 2 is 2.10 bits per heavy atom. The first-order chi connectivity index (χ1) is 10.1. The highest BCUT2D eigenvalue weighted by Crippen LogP contribution is 2.24. The zero-order chi connectivity index (χ0) is 15.0. The van der Waals surface area contributed by atoms with E-state index in [1.54, 1.807) is 12.1 Å². The van der Waals surface area contributed by atoms with Gasteiger partial charge in [0.2, 0.25) is 0 Å². The van der Waals surface area contributed by atoms with E-state index < -0.39 is 12.0 Å². The molecule has 1 N–H and O–H groups in total. The van der Waals surface area contributed by atoms with Gasteiger partial charge in [0.15, 0.2) is 0 Å². The molecule has 21 heavy (non-hydrogen) atoms. The summed E-state index contributed by atoms with van der Waals surface area (Å²) in [4.78, 5) is 29.8. The van der Waals surface area contributed by atoms with Crippen molar-refractivity contribution >= 4 is 22.8 Å². The molecule has 108 valence electrons. The molecule has 5 nitrogen and oxygen atoms in total. The number of likely N-dealkylation sites (tertiary alicyclic amines) is 1. The van der Waals surface area contributed by atoms with Crippen LogP contribution in [0.5, 0.6) is 0 Å². The van der Waals surface area contributed by atoms with Crippen LogP contribution in [0.25, 0.3) is 10.9 Å². The van der Waals surface area contributed by atoms with E-state index in [4.69, 9.17) is 0 Å². The van der Waals surface area contributed by atoms with Crippen LogP contribution in [0.1, 0.15) is 28.9 Å². The quantitative estimate of drug-likeness (QED) is 0.918. The maximum absolute atomic E-state index is 12.7. The summed E-state index contributed by atoms with van der Waals surface area (Å²) in [5, 5.41) is 9.99. The van der Waals surface area contributed by atoms with Crippen molar-refractivity contribution in [1.29, 1.82) is 0 Å². The Balaban J connectivity index is 2.04. The Bertz CT molecular complexity index is 727. The SMILES string of the molecule is Cc1ccc2c(C(=O)N3CCC[C@@H]3C(=O)O)cccc2n1. The van der Waals surface area contributed by atoms with Crippen LogP contribution in [0.15, 0.2) is 30.3 Å². The van der Waals surface area contributed by atoms with Crippen molar-refractivity contribution in [2.24, 2.45) is 0 Å². The van der Waals surface area contributed by atoms with Crippen LogP contribution >= 0.6 is 0 Å². The van der Waals surface area contributed by atoms with E-state index in [0.717, 1.165) is 23.0 Å². The highest BCUT2D eigenvalue weighted by Gasteiger charge is 2.34. The number of aromatic nitrogens is 1. The molecule has 0 unspecified atom stereocenters. The van der Waals surface area contributed by atoms with Gasteiger partial charge in [0.1, 0.15) is 6.04 Å². The van der Waals surface area contributed by atoms with Gasteiger partial charge >= 0.3 is 5.97 Å². The number of carboxylic acids is 1. The van der Waals surface area contributed by atoms with Gasteiger partial charge in [-0.05, 0) is 38.0 Å². The maximum Gasteiger partial charge on any atom is 0.326 e. The van der Waals surface area contributed by atoms with Crippen molar-refractivity contribution in [1.82, 2.24) is 9.88 Å². The van der Waals surface area contributed by atoms with E-state index in [0.29, 0.717) is 18.5 Å². The molecule has 1 aliphatic rings. The van der Waals surface area contributed by atoms with Crippen LogP contribution < -0.4 is 0 Å². The number of hydrogen-bond donors (Lipinski definition) is 1. The molecule has 0 spiro atoms. The fourth-order valence-electron chi connectivity index (χ4n) is 2.86. The second-order valence-corrected chi connectivity index (χ2v) is 5.32. The molecule has 1 aromatic heterocycles. The zero-order valence-corrected chi connectivity index (χ0v) is 11.7. The molecule has 3 rings (SSSR count). The number of benzene rings is 1. The number of carboxylic acid groups (broad SMARTS) is 1. The largest absolute Gasteiger partial charge is 0.480 e. The highest BCUT2D eigenvalue weighted by atomic mass is 16.4. The van der Waals surface area contributed by atoms with Gasteiger partial charge < -0.3 is 10.0 Å². The first-order valence-corrected chi connectivity index (χ1v) is 6.98. The van der Waals surface area contributed by atoms with Crippen molar-refractivity contribution < 1.29 is 14.7 Å². The van der Waals surface area contributed by atoms with Crippen LogP contribution in [-0.2, 0) is 4.79 Å². The lowest BCUT2D eigenvalue weighted by Crippen LogP contribution is -2.40.